The maximum Gasteiger partial charge on any atom is 0.412 e. The van der Waals surface area contributed by atoms with Gasteiger partial charge in [0.15, 0.2) is 0 Å². The molecule has 206 valence electrons. The van der Waals surface area contributed by atoms with Gasteiger partial charge in [-0.25, -0.2) is 14.6 Å². The van der Waals surface area contributed by atoms with Gasteiger partial charge in [0, 0.05) is 5.69 Å². The van der Waals surface area contributed by atoms with Gasteiger partial charge >= 0.3 is 12.1 Å². The number of esters is 1. The summed E-state index contributed by atoms with van der Waals surface area (Å²) >= 11 is 0. The first-order valence-electron chi connectivity index (χ1n) is 13.2. The molecule has 0 spiro atoms. The lowest BCUT2D eigenvalue weighted by Gasteiger charge is -2.19. The molecular formula is C32H34N4O4. The van der Waals surface area contributed by atoms with Crippen LogP contribution in [0.15, 0.2) is 85.1 Å². The zero-order valence-electron chi connectivity index (χ0n) is 23.2. The summed E-state index contributed by atoms with van der Waals surface area (Å²) in [6, 6.07) is 24.9. The normalized spacial score (nSPS) is 11.9. The Hall–Kier alpha value is -4.72. The fourth-order valence-electron chi connectivity index (χ4n) is 4.15. The van der Waals surface area contributed by atoms with Crippen molar-refractivity contribution in [2.24, 2.45) is 0 Å². The summed E-state index contributed by atoms with van der Waals surface area (Å²) in [7, 11) is 0. The van der Waals surface area contributed by atoms with Crippen LogP contribution in [0.1, 0.15) is 51.4 Å². The number of aromatic nitrogens is 2. The van der Waals surface area contributed by atoms with Gasteiger partial charge in [-0.3, -0.25) is 10.7 Å². The summed E-state index contributed by atoms with van der Waals surface area (Å²) in [6.45, 7) is 7.49. The van der Waals surface area contributed by atoms with E-state index in [-0.39, 0.29) is 12.3 Å². The Morgan fingerprint density at radius 3 is 2.12 bits per heavy atom. The summed E-state index contributed by atoms with van der Waals surface area (Å²) in [5.41, 5.74) is 4.57. The Bertz CT molecular complexity index is 1450. The second-order valence-electron chi connectivity index (χ2n) is 10.4. The van der Waals surface area contributed by atoms with Gasteiger partial charge in [0.05, 0.1) is 17.8 Å². The Kier molecular flexibility index (Phi) is 8.79. The number of carbonyl (C=O) groups excluding carboxylic acids is 2. The van der Waals surface area contributed by atoms with Crippen molar-refractivity contribution in [1.29, 1.82) is 5.41 Å². The van der Waals surface area contributed by atoms with E-state index in [0.29, 0.717) is 17.9 Å². The van der Waals surface area contributed by atoms with Gasteiger partial charge in [-0.1, -0.05) is 73.7 Å². The number of benzene rings is 3. The van der Waals surface area contributed by atoms with Crippen LogP contribution in [-0.2, 0) is 20.9 Å². The number of H-pyrrole nitrogens is 1. The molecule has 1 heterocycles. The van der Waals surface area contributed by atoms with Crippen LogP contribution in [0, 0.1) is 5.41 Å². The number of rotatable bonds is 9. The topological polar surface area (TPSA) is 117 Å². The molecule has 4 aromatic rings. The molecule has 1 aromatic heterocycles. The molecule has 8 nitrogen and oxygen atoms in total. The molecule has 1 amide bonds. The summed E-state index contributed by atoms with van der Waals surface area (Å²) in [5, 5.41) is 11.2. The van der Waals surface area contributed by atoms with Gasteiger partial charge in [-0.05, 0) is 61.6 Å². The highest BCUT2D eigenvalue weighted by molar-refractivity contribution is 6.37. The summed E-state index contributed by atoms with van der Waals surface area (Å²) in [4.78, 5) is 32.3. The molecule has 0 bridgehead atoms. The Balaban J connectivity index is 1.39. The highest BCUT2D eigenvalue weighted by atomic mass is 16.6. The van der Waals surface area contributed by atoms with Crippen molar-refractivity contribution < 1.29 is 19.1 Å². The van der Waals surface area contributed by atoms with Crippen LogP contribution in [0.25, 0.3) is 22.4 Å². The van der Waals surface area contributed by atoms with Gasteiger partial charge in [0.1, 0.15) is 23.7 Å². The zero-order chi connectivity index (χ0) is 28.7. The third-order valence-electron chi connectivity index (χ3n) is 6.17. The number of nitrogens with one attached hydrogen (secondary N) is 3. The molecule has 3 aromatic carbocycles. The molecule has 8 heteroatoms. The van der Waals surface area contributed by atoms with E-state index < -0.39 is 23.6 Å². The number of nitrogens with zero attached hydrogens (tertiary/aromatic N) is 1. The third kappa shape index (κ3) is 7.44. The van der Waals surface area contributed by atoms with Crippen LogP contribution in [0.5, 0.6) is 0 Å². The van der Waals surface area contributed by atoms with Crippen molar-refractivity contribution in [3.8, 4) is 22.4 Å². The van der Waals surface area contributed by atoms with E-state index in [1.165, 1.54) is 0 Å². The zero-order valence-corrected chi connectivity index (χ0v) is 23.2. The predicted octanol–water partition coefficient (Wildman–Crippen LogP) is 7.35. The Labute approximate surface area is 234 Å². The molecule has 0 saturated heterocycles. The quantitative estimate of drug-likeness (QED) is 0.152. The molecule has 1 atom stereocenters. The van der Waals surface area contributed by atoms with E-state index in [9.17, 15) is 9.59 Å². The molecule has 0 aliphatic carbocycles. The minimum Gasteiger partial charge on any atom is -0.456 e. The van der Waals surface area contributed by atoms with Crippen LogP contribution in [-0.4, -0.2) is 33.3 Å². The van der Waals surface area contributed by atoms with E-state index in [2.05, 4.69) is 15.3 Å². The Morgan fingerprint density at radius 2 is 1.52 bits per heavy atom. The van der Waals surface area contributed by atoms with E-state index in [4.69, 9.17) is 14.9 Å². The van der Waals surface area contributed by atoms with Crippen molar-refractivity contribution in [2.75, 3.05) is 5.32 Å². The lowest BCUT2D eigenvalue weighted by molar-refractivity contribution is -0.137. The predicted molar refractivity (Wildman–Crippen MR) is 156 cm³/mol. The summed E-state index contributed by atoms with van der Waals surface area (Å²) in [5.74, 6) is -0.592. The van der Waals surface area contributed by atoms with Crippen LogP contribution >= 0.6 is 0 Å². The maximum atomic E-state index is 12.6. The second-order valence-corrected chi connectivity index (χ2v) is 10.4. The lowest BCUT2D eigenvalue weighted by Crippen LogP contribution is -2.27. The summed E-state index contributed by atoms with van der Waals surface area (Å²) < 4.78 is 10.6. The number of imidazole rings is 1. The first-order valence-corrected chi connectivity index (χ1v) is 13.2. The van der Waals surface area contributed by atoms with E-state index >= 15 is 0 Å². The van der Waals surface area contributed by atoms with E-state index in [0.717, 1.165) is 27.9 Å². The van der Waals surface area contributed by atoms with Crippen LogP contribution < -0.4 is 5.32 Å². The number of hydrogen-bond donors (Lipinski definition) is 3. The molecule has 0 aliphatic heterocycles. The Morgan fingerprint density at radius 1 is 0.925 bits per heavy atom. The standard InChI is InChI=1S/C32H34N4O4/c1-5-26(28(33)30(37)39-20-21-9-7-6-8-10-21)29-34-19-27(36-29)24-13-11-22(12-14-24)23-15-17-25(18-16-23)35-31(38)40-32(2,3)4/h6-19,26,33H,5,20H2,1-4H3,(H,34,36)(H,35,38). The summed E-state index contributed by atoms with van der Waals surface area (Å²) in [6.07, 6.45) is 1.75. The first kappa shape index (κ1) is 28.3. The van der Waals surface area contributed by atoms with Gasteiger partial charge in [-0.15, -0.1) is 0 Å². The number of hydrogen-bond acceptors (Lipinski definition) is 6. The molecule has 0 fully saturated rings. The highest BCUT2D eigenvalue weighted by Gasteiger charge is 2.25. The van der Waals surface area contributed by atoms with Crippen molar-refractivity contribution in [3.05, 3.63) is 96.4 Å². The monoisotopic (exact) mass is 538 g/mol. The van der Waals surface area contributed by atoms with Crippen LogP contribution in [0.4, 0.5) is 10.5 Å². The van der Waals surface area contributed by atoms with Crippen molar-refractivity contribution in [1.82, 2.24) is 9.97 Å². The molecule has 0 radical (unpaired) electrons. The molecule has 40 heavy (non-hydrogen) atoms. The van der Waals surface area contributed by atoms with Gasteiger partial charge in [0.25, 0.3) is 0 Å². The van der Waals surface area contributed by atoms with Gasteiger partial charge in [-0.2, -0.15) is 0 Å². The largest absolute Gasteiger partial charge is 0.456 e. The minimum absolute atomic E-state index is 0.122. The molecular weight excluding hydrogens is 504 g/mol. The van der Waals surface area contributed by atoms with E-state index in [1.54, 1.807) is 6.20 Å². The molecule has 1 unspecified atom stereocenters. The molecule has 0 aliphatic rings. The number of anilines is 1. The minimum atomic E-state index is -0.648. The average Bonchev–Trinajstić information content (AvgIpc) is 3.42. The number of amides is 1. The third-order valence-corrected chi connectivity index (χ3v) is 6.17. The highest BCUT2D eigenvalue weighted by Crippen LogP contribution is 2.27. The van der Waals surface area contributed by atoms with Crippen molar-refractivity contribution in [2.45, 2.75) is 52.2 Å². The van der Waals surface area contributed by atoms with Crippen molar-refractivity contribution in [3.63, 3.8) is 0 Å². The fraction of sp³-hybridized carbons (Fsp3) is 0.250. The number of carbonyl (C=O) groups is 2. The van der Waals surface area contributed by atoms with Gasteiger partial charge < -0.3 is 14.5 Å². The van der Waals surface area contributed by atoms with Crippen molar-refractivity contribution >= 4 is 23.5 Å². The van der Waals surface area contributed by atoms with Gasteiger partial charge in [0.2, 0.25) is 0 Å². The van der Waals surface area contributed by atoms with E-state index in [1.807, 2.05) is 107 Å². The average molecular weight is 539 g/mol. The SMILES string of the molecule is CCC(C(=N)C(=O)OCc1ccccc1)c1ncc(-c2ccc(-c3ccc(NC(=O)OC(C)(C)C)cc3)cc2)[nH]1. The maximum absolute atomic E-state index is 12.6. The first-order chi connectivity index (χ1) is 19.1. The number of aromatic amines is 1. The van der Waals surface area contributed by atoms with Crippen LogP contribution in [0.2, 0.25) is 0 Å². The lowest BCUT2D eigenvalue weighted by atomic mass is 9.99. The smallest absolute Gasteiger partial charge is 0.412 e. The second kappa shape index (κ2) is 12.4. The number of ether oxygens (including phenoxy) is 2. The molecule has 0 saturated carbocycles. The molecule has 3 N–H and O–H groups in total. The fourth-order valence-corrected chi connectivity index (χ4v) is 4.15. The van der Waals surface area contributed by atoms with Crippen LogP contribution in [0.3, 0.4) is 0 Å². The molecule has 4 rings (SSSR count).